The summed E-state index contributed by atoms with van der Waals surface area (Å²) >= 11 is 0. The maximum absolute atomic E-state index is 6.24. The summed E-state index contributed by atoms with van der Waals surface area (Å²) in [5, 5.41) is 3.71. The Bertz CT molecular complexity index is 2230. The summed E-state index contributed by atoms with van der Waals surface area (Å²) in [7, 11) is 0. The summed E-state index contributed by atoms with van der Waals surface area (Å²) in [6.07, 6.45) is 2.18. The van der Waals surface area contributed by atoms with Crippen molar-refractivity contribution in [3.8, 4) is 22.9 Å². The van der Waals surface area contributed by atoms with Crippen LogP contribution in [-0.2, 0) is 0 Å². The topological polar surface area (TPSA) is 22.3 Å². The van der Waals surface area contributed by atoms with Crippen LogP contribution in [0, 0.1) is 0 Å². The van der Waals surface area contributed by atoms with E-state index in [-0.39, 0.29) is 0 Å². The zero-order valence-electron chi connectivity index (χ0n) is 22.7. The lowest BCUT2D eigenvalue weighted by Crippen LogP contribution is -2.15. The molecule has 0 aliphatic carbocycles. The quantitative estimate of drug-likeness (QED) is 0.223. The third-order valence-corrected chi connectivity index (χ3v) is 8.32. The van der Waals surface area contributed by atoms with Gasteiger partial charge in [-0.05, 0) is 72.8 Å². The predicted octanol–water partition coefficient (Wildman–Crippen LogP) is 10.3. The van der Waals surface area contributed by atoms with Crippen LogP contribution in [0.2, 0.25) is 0 Å². The van der Waals surface area contributed by atoms with E-state index in [2.05, 4.69) is 142 Å². The fourth-order valence-electron chi connectivity index (χ4n) is 6.48. The molecule has 9 rings (SSSR count). The van der Waals surface area contributed by atoms with E-state index in [0.717, 1.165) is 39.9 Å². The summed E-state index contributed by atoms with van der Waals surface area (Å²) in [4.78, 5) is 2.28. The maximum atomic E-state index is 6.24. The molecule has 6 aromatic carbocycles. The zero-order valence-corrected chi connectivity index (χ0v) is 22.7. The van der Waals surface area contributed by atoms with Gasteiger partial charge in [-0.1, -0.05) is 72.8 Å². The number of para-hydroxylation sites is 6. The molecular weight excluding hydrogens is 514 g/mol. The molecule has 0 amide bonds. The van der Waals surface area contributed by atoms with E-state index < -0.39 is 0 Å². The van der Waals surface area contributed by atoms with Crippen molar-refractivity contribution in [1.29, 1.82) is 0 Å². The van der Waals surface area contributed by atoms with Crippen molar-refractivity contribution < 1.29 is 4.74 Å². The van der Waals surface area contributed by atoms with Gasteiger partial charge in [-0.25, -0.2) is 0 Å². The Balaban J connectivity index is 1.28. The predicted molar refractivity (Wildman–Crippen MR) is 172 cm³/mol. The number of anilines is 3. The lowest BCUT2D eigenvalue weighted by atomic mass is 10.1. The zero-order chi connectivity index (χ0) is 27.6. The van der Waals surface area contributed by atoms with Gasteiger partial charge in [-0.2, -0.15) is 0 Å². The van der Waals surface area contributed by atoms with Crippen molar-refractivity contribution in [1.82, 2.24) is 9.13 Å². The van der Waals surface area contributed by atoms with Crippen LogP contribution in [0.4, 0.5) is 17.1 Å². The van der Waals surface area contributed by atoms with Gasteiger partial charge < -0.3 is 18.8 Å². The van der Waals surface area contributed by atoms with Crippen LogP contribution in [0.3, 0.4) is 0 Å². The Kier molecular flexibility index (Phi) is 4.87. The van der Waals surface area contributed by atoms with Gasteiger partial charge in [0.1, 0.15) is 0 Å². The lowest BCUT2D eigenvalue weighted by Gasteiger charge is -2.32. The van der Waals surface area contributed by atoms with Crippen molar-refractivity contribution >= 4 is 49.8 Å². The van der Waals surface area contributed by atoms with Gasteiger partial charge in [0.2, 0.25) is 0 Å². The number of hydrogen-bond acceptors (Lipinski definition) is 2. The molecule has 0 radical (unpaired) electrons. The maximum Gasteiger partial charge on any atom is 0.151 e. The van der Waals surface area contributed by atoms with Crippen molar-refractivity contribution in [3.63, 3.8) is 0 Å². The van der Waals surface area contributed by atoms with Crippen molar-refractivity contribution in [2.24, 2.45) is 0 Å². The first-order valence-electron chi connectivity index (χ1n) is 14.2. The number of benzene rings is 6. The highest BCUT2D eigenvalue weighted by Crippen LogP contribution is 2.50. The molecule has 4 nitrogen and oxygen atoms in total. The minimum atomic E-state index is 0.853. The van der Waals surface area contributed by atoms with Crippen LogP contribution in [0.25, 0.3) is 44.1 Å². The number of rotatable bonds is 3. The van der Waals surface area contributed by atoms with Crippen LogP contribution < -0.4 is 9.64 Å². The lowest BCUT2D eigenvalue weighted by molar-refractivity contribution is 0.477. The van der Waals surface area contributed by atoms with E-state index in [1.807, 2.05) is 24.3 Å². The fraction of sp³-hybridized carbons (Fsp3) is 0. The van der Waals surface area contributed by atoms with Crippen LogP contribution >= 0.6 is 0 Å². The Morgan fingerprint density at radius 3 is 1.83 bits per heavy atom. The largest absolute Gasteiger partial charge is 0.453 e. The molecule has 0 N–H and O–H groups in total. The molecule has 3 heterocycles. The number of fused-ring (bicyclic) bond motifs is 7. The molecule has 0 bridgehead atoms. The monoisotopic (exact) mass is 539 g/mol. The third-order valence-electron chi connectivity index (χ3n) is 8.32. The van der Waals surface area contributed by atoms with Gasteiger partial charge in [0.25, 0.3) is 0 Å². The molecular formula is C38H25N3O. The summed E-state index contributed by atoms with van der Waals surface area (Å²) in [6.45, 7) is 0. The summed E-state index contributed by atoms with van der Waals surface area (Å²) in [5.74, 6) is 1.71. The highest BCUT2D eigenvalue weighted by atomic mass is 16.5. The molecule has 0 fully saturated rings. The van der Waals surface area contributed by atoms with E-state index in [1.54, 1.807) is 0 Å². The second kappa shape index (κ2) is 8.88. The summed E-state index contributed by atoms with van der Waals surface area (Å²) < 4.78 is 11.0. The molecule has 42 heavy (non-hydrogen) atoms. The second-order valence-corrected chi connectivity index (χ2v) is 10.7. The molecule has 1 aliphatic heterocycles. The average molecular weight is 540 g/mol. The average Bonchev–Trinajstić information content (AvgIpc) is 3.64. The molecule has 4 heteroatoms. The summed E-state index contributed by atoms with van der Waals surface area (Å²) in [5.41, 5.74) is 9.01. The second-order valence-electron chi connectivity index (χ2n) is 10.7. The van der Waals surface area contributed by atoms with E-state index in [0.29, 0.717) is 0 Å². The number of aromatic nitrogens is 2. The SMILES string of the molecule is c1ccc(-n2ccc3ccc4c5ccccc5n(-c5ccc(N6c7ccccc7Oc7ccccc76)cc5)c4c32)cc1. The van der Waals surface area contributed by atoms with Gasteiger partial charge in [0.15, 0.2) is 11.5 Å². The molecule has 0 atom stereocenters. The van der Waals surface area contributed by atoms with E-state index in [1.165, 1.54) is 32.7 Å². The molecule has 0 unspecified atom stereocenters. The van der Waals surface area contributed by atoms with Crippen molar-refractivity contribution in [2.75, 3.05) is 4.90 Å². The van der Waals surface area contributed by atoms with Crippen molar-refractivity contribution in [3.05, 3.63) is 152 Å². The Labute approximate surface area is 242 Å². The molecule has 1 aliphatic rings. The van der Waals surface area contributed by atoms with Gasteiger partial charge in [-0.15, -0.1) is 0 Å². The Hall–Kier alpha value is -5.74. The number of hydrogen-bond donors (Lipinski definition) is 0. The first kappa shape index (κ1) is 23.0. The first-order chi connectivity index (χ1) is 20.8. The molecule has 0 saturated carbocycles. The molecule has 198 valence electrons. The highest BCUT2D eigenvalue weighted by molar-refractivity contribution is 6.18. The van der Waals surface area contributed by atoms with Gasteiger partial charge in [0, 0.05) is 39.4 Å². The normalized spacial score (nSPS) is 12.4. The number of ether oxygens (including phenoxy) is 1. The van der Waals surface area contributed by atoms with Crippen LogP contribution in [0.15, 0.2) is 152 Å². The smallest absolute Gasteiger partial charge is 0.151 e. The fourth-order valence-corrected chi connectivity index (χ4v) is 6.48. The first-order valence-corrected chi connectivity index (χ1v) is 14.2. The van der Waals surface area contributed by atoms with E-state index in [9.17, 15) is 0 Å². The van der Waals surface area contributed by atoms with Gasteiger partial charge in [0.05, 0.1) is 27.9 Å². The highest BCUT2D eigenvalue weighted by Gasteiger charge is 2.25. The van der Waals surface area contributed by atoms with E-state index >= 15 is 0 Å². The molecule has 0 saturated heterocycles. The standard InChI is InChI=1S/C38H25N3O/c1-2-10-27(11-3-1)39-25-24-26-18-23-31-30-12-4-5-13-32(30)41(38(31)37(26)39)29-21-19-28(20-22-29)40-33-14-6-8-16-35(33)42-36-17-9-7-15-34(36)40/h1-25H. The third kappa shape index (κ3) is 3.29. The van der Waals surface area contributed by atoms with Crippen LogP contribution in [-0.4, -0.2) is 9.13 Å². The van der Waals surface area contributed by atoms with Crippen molar-refractivity contribution in [2.45, 2.75) is 0 Å². The molecule has 2 aromatic heterocycles. The minimum Gasteiger partial charge on any atom is -0.453 e. The van der Waals surface area contributed by atoms with Gasteiger partial charge in [-0.3, -0.25) is 0 Å². The molecule has 0 spiro atoms. The van der Waals surface area contributed by atoms with Gasteiger partial charge >= 0.3 is 0 Å². The molecule has 8 aromatic rings. The Morgan fingerprint density at radius 1 is 0.429 bits per heavy atom. The Morgan fingerprint density at radius 2 is 1.07 bits per heavy atom. The minimum absolute atomic E-state index is 0.853. The van der Waals surface area contributed by atoms with Crippen LogP contribution in [0.5, 0.6) is 11.5 Å². The summed E-state index contributed by atoms with van der Waals surface area (Å²) in [6, 6.07) is 51.3. The van der Waals surface area contributed by atoms with Crippen LogP contribution in [0.1, 0.15) is 0 Å². The van der Waals surface area contributed by atoms with E-state index in [4.69, 9.17) is 4.74 Å². The number of nitrogens with zero attached hydrogens (tertiary/aromatic N) is 3.